The summed E-state index contributed by atoms with van der Waals surface area (Å²) in [4.78, 5) is 11.2. The highest BCUT2D eigenvalue weighted by molar-refractivity contribution is 5.75. The first-order valence-electron chi connectivity index (χ1n) is 7.39. The first-order valence-corrected chi connectivity index (χ1v) is 7.39. The van der Waals surface area contributed by atoms with E-state index in [-0.39, 0.29) is 5.91 Å². The van der Waals surface area contributed by atoms with Crippen molar-refractivity contribution in [3.05, 3.63) is 23.8 Å². The molecule has 0 fully saturated rings. The van der Waals surface area contributed by atoms with Crippen LogP contribution in [0.3, 0.4) is 0 Å². The fourth-order valence-corrected chi connectivity index (χ4v) is 1.75. The Hall–Kier alpha value is -1.75. The predicted molar refractivity (Wildman–Crippen MR) is 83.8 cm³/mol. The zero-order chi connectivity index (χ0) is 15.7. The number of hydrogen-bond acceptors (Lipinski definition) is 4. The second-order valence-electron chi connectivity index (χ2n) is 5.02. The standard InChI is InChI=1S/C16H26N2O3/c1-5-20-15-10-13(11-18-12(2)3)6-7-14(15)21-9-8-16(19)17-4/h6-7,10,12,18H,5,8-9,11H2,1-4H3,(H,17,19). The molecule has 0 bridgehead atoms. The van der Waals surface area contributed by atoms with Crippen LogP contribution in [-0.4, -0.2) is 32.2 Å². The molecule has 0 aliphatic heterocycles. The number of hydrogen-bond donors (Lipinski definition) is 2. The van der Waals surface area contributed by atoms with Gasteiger partial charge in [-0.3, -0.25) is 4.79 Å². The number of benzene rings is 1. The fraction of sp³-hybridized carbons (Fsp3) is 0.562. The fourth-order valence-electron chi connectivity index (χ4n) is 1.75. The normalized spacial score (nSPS) is 10.5. The van der Waals surface area contributed by atoms with Crippen molar-refractivity contribution in [3.63, 3.8) is 0 Å². The lowest BCUT2D eigenvalue weighted by molar-refractivity contribution is -0.121. The third kappa shape index (κ3) is 6.49. The van der Waals surface area contributed by atoms with E-state index in [1.54, 1.807) is 7.05 Å². The van der Waals surface area contributed by atoms with Crippen LogP contribution >= 0.6 is 0 Å². The summed E-state index contributed by atoms with van der Waals surface area (Å²) in [6.07, 6.45) is 0.332. The Morgan fingerprint density at radius 2 is 2.00 bits per heavy atom. The van der Waals surface area contributed by atoms with Gasteiger partial charge in [0.05, 0.1) is 19.6 Å². The van der Waals surface area contributed by atoms with Crippen molar-refractivity contribution < 1.29 is 14.3 Å². The third-order valence-electron chi connectivity index (χ3n) is 2.89. The first kappa shape index (κ1) is 17.3. The van der Waals surface area contributed by atoms with Crippen molar-refractivity contribution in [2.75, 3.05) is 20.3 Å². The largest absolute Gasteiger partial charge is 0.490 e. The SMILES string of the molecule is CCOc1cc(CNC(C)C)ccc1OCCC(=O)NC. The molecule has 5 heteroatoms. The molecule has 21 heavy (non-hydrogen) atoms. The van der Waals surface area contributed by atoms with E-state index in [9.17, 15) is 4.79 Å². The molecule has 0 saturated heterocycles. The van der Waals surface area contributed by atoms with Crippen LogP contribution in [0.4, 0.5) is 0 Å². The molecule has 0 saturated carbocycles. The van der Waals surface area contributed by atoms with Gasteiger partial charge < -0.3 is 20.1 Å². The van der Waals surface area contributed by atoms with Crippen molar-refractivity contribution in [1.82, 2.24) is 10.6 Å². The summed E-state index contributed by atoms with van der Waals surface area (Å²) in [6.45, 7) is 7.86. The Kier molecular flexibility index (Phi) is 7.61. The molecule has 0 aliphatic rings. The molecule has 0 radical (unpaired) electrons. The molecule has 2 N–H and O–H groups in total. The summed E-state index contributed by atoms with van der Waals surface area (Å²) in [6, 6.07) is 6.32. The molecule has 1 aromatic carbocycles. The van der Waals surface area contributed by atoms with E-state index in [1.165, 1.54) is 0 Å². The minimum absolute atomic E-state index is 0.0364. The van der Waals surface area contributed by atoms with Crippen molar-refractivity contribution in [2.24, 2.45) is 0 Å². The van der Waals surface area contributed by atoms with E-state index >= 15 is 0 Å². The Balaban J connectivity index is 2.67. The van der Waals surface area contributed by atoms with Gasteiger partial charge in [0.15, 0.2) is 11.5 Å². The molecule has 1 aromatic rings. The second-order valence-corrected chi connectivity index (χ2v) is 5.02. The zero-order valence-electron chi connectivity index (χ0n) is 13.4. The highest BCUT2D eigenvalue weighted by Gasteiger charge is 2.08. The number of amides is 1. The summed E-state index contributed by atoms with van der Waals surface area (Å²) in [5, 5.41) is 5.94. The highest BCUT2D eigenvalue weighted by atomic mass is 16.5. The number of carbonyl (C=O) groups excluding carboxylic acids is 1. The van der Waals surface area contributed by atoms with Crippen LogP contribution in [0.1, 0.15) is 32.8 Å². The molecule has 5 nitrogen and oxygen atoms in total. The van der Waals surface area contributed by atoms with Gasteiger partial charge in [-0.25, -0.2) is 0 Å². The van der Waals surface area contributed by atoms with Crippen LogP contribution < -0.4 is 20.1 Å². The Morgan fingerprint density at radius 1 is 1.24 bits per heavy atom. The third-order valence-corrected chi connectivity index (χ3v) is 2.89. The molecule has 0 spiro atoms. The van der Waals surface area contributed by atoms with E-state index in [2.05, 4.69) is 24.5 Å². The van der Waals surface area contributed by atoms with Gasteiger partial charge in [-0.15, -0.1) is 0 Å². The second kappa shape index (κ2) is 9.23. The maximum Gasteiger partial charge on any atom is 0.223 e. The van der Waals surface area contributed by atoms with Crippen LogP contribution in [0.15, 0.2) is 18.2 Å². The summed E-state index contributed by atoms with van der Waals surface area (Å²) in [5.41, 5.74) is 1.14. The smallest absolute Gasteiger partial charge is 0.223 e. The molecule has 1 rings (SSSR count). The van der Waals surface area contributed by atoms with E-state index in [4.69, 9.17) is 9.47 Å². The van der Waals surface area contributed by atoms with Crippen molar-refractivity contribution >= 4 is 5.91 Å². The van der Waals surface area contributed by atoms with Gasteiger partial charge in [-0.05, 0) is 24.6 Å². The van der Waals surface area contributed by atoms with Crippen molar-refractivity contribution in [1.29, 1.82) is 0 Å². The molecule has 118 valence electrons. The van der Waals surface area contributed by atoms with Gasteiger partial charge in [-0.2, -0.15) is 0 Å². The Morgan fingerprint density at radius 3 is 2.62 bits per heavy atom. The van der Waals surface area contributed by atoms with Crippen LogP contribution in [-0.2, 0) is 11.3 Å². The average molecular weight is 294 g/mol. The highest BCUT2D eigenvalue weighted by Crippen LogP contribution is 2.28. The van der Waals surface area contributed by atoms with E-state index in [0.717, 1.165) is 17.9 Å². The van der Waals surface area contributed by atoms with Crippen LogP contribution in [0.2, 0.25) is 0 Å². The van der Waals surface area contributed by atoms with Crippen molar-refractivity contribution in [3.8, 4) is 11.5 Å². The molecule has 0 heterocycles. The van der Waals surface area contributed by atoms with Crippen LogP contribution in [0.5, 0.6) is 11.5 Å². The van der Waals surface area contributed by atoms with Gasteiger partial charge >= 0.3 is 0 Å². The van der Waals surface area contributed by atoms with Crippen LogP contribution in [0.25, 0.3) is 0 Å². The van der Waals surface area contributed by atoms with E-state index < -0.39 is 0 Å². The Bertz CT molecular complexity index is 447. The molecular formula is C16H26N2O3. The molecule has 0 unspecified atom stereocenters. The quantitative estimate of drug-likeness (QED) is 0.732. The van der Waals surface area contributed by atoms with E-state index in [1.807, 2.05) is 25.1 Å². The zero-order valence-corrected chi connectivity index (χ0v) is 13.4. The molecule has 0 aliphatic carbocycles. The maximum atomic E-state index is 11.2. The van der Waals surface area contributed by atoms with E-state index in [0.29, 0.717) is 31.4 Å². The average Bonchev–Trinajstić information content (AvgIpc) is 2.47. The number of carbonyl (C=O) groups is 1. The minimum atomic E-state index is -0.0364. The topological polar surface area (TPSA) is 59.6 Å². The lowest BCUT2D eigenvalue weighted by Gasteiger charge is -2.14. The van der Waals surface area contributed by atoms with Gasteiger partial charge in [0.25, 0.3) is 0 Å². The summed E-state index contributed by atoms with van der Waals surface area (Å²) in [7, 11) is 1.62. The molecule has 0 atom stereocenters. The monoisotopic (exact) mass is 294 g/mol. The van der Waals surface area contributed by atoms with Gasteiger partial charge in [-0.1, -0.05) is 19.9 Å². The maximum absolute atomic E-state index is 11.2. The lowest BCUT2D eigenvalue weighted by atomic mass is 10.2. The number of nitrogens with one attached hydrogen (secondary N) is 2. The summed E-state index contributed by atoms with van der Waals surface area (Å²) in [5.74, 6) is 1.36. The Labute approximate surface area is 127 Å². The van der Waals surface area contributed by atoms with Gasteiger partial charge in [0.1, 0.15) is 0 Å². The van der Waals surface area contributed by atoms with Gasteiger partial charge in [0.2, 0.25) is 5.91 Å². The predicted octanol–water partition coefficient (Wildman–Crippen LogP) is 2.10. The number of ether oxygens (including phenoxy) is 2. The minimum Gasteiger partial charge on any atom is -0.490 e. The van der Waals surface area contributed by atoms with Gasteiger partial charge in [0, 0.05) is 19.6 Å². The first-order chi connectivity index (χ1) is 10.1. The lowest BCUT2D eigenvalue weighted by Crippen LogP contribution is -2.22. The molecule has 1 amide bonds. The molecule has 0 aromatic heterocycles. The molecular weight excluding hydrogens is 268 g/mol. The summed E-state index contributed by atoms with van der Waals surface area (Å²) >= 11 is 0. The van der Waals surface area contributed by atoms with Crippen molar-refractivity contribution in [2.45, 2.75) is 39.8 Å². The summed E-state index contributed by atoms with van der Waals surface area (Å²) < 4.78 is 11.3. The number of rotatable bonds is 9. The van der Waals surface area contributed by atoms with Crippen LogP contribution in [0, 0.1) is 0 Å².